The molecule has 0 aromatic carbocycles. The maximum absolute atomic E-state index is 10.8. The summed E-state index contributed by atoms with van der Waals surface area (Å²) in [4.78, 5) is 10.8. The predicted octanol–water partition coefficient (Wildman–Crippen LogP) is -4.63. The zero-order valence-corrected chi connectivity index (χ0v) is 15.0. The van der Waals surface area contributed by atoms with Crippen molar-refractivity contribution in [3.63, 3.8) is 0 Å². The van der Waals surface area contributed by atoms with Gasteiger partial charge in [-0.1, -0.05) is 0 Å². The van der Waals surface area contributed by atoms with Crippen LogP contribution in [0.3, 0.4) is 0 Å². The van der Waals surface area contributed by atoms with Crippen molar-refractivity contribution in [3.8, 4) is 0 Å². The van der Waals surface area contributed by atoms with Crippen LogP contribution < -0.4 is 0 Å². The summed E-state index contributed by atoms with van der Waals surface area (Å²) in [6.45, 7) is -1.66. The normalized spacial score (nSPS) is 44.4. The predicted molar refractivity (Wildman–Crippen MR) is 84.8 cm³/mol. The number of ether oxygens (including phenoxy) is 5. The smallest absolute Gasteiger partial charge is 0.329 e. The minimum Gasteiger partial charge on any atom is -0.480 e. The molecule has 13 nitrogen and oxygen atoms in total. The molecule has 13 heteroatoms. The number of aliphatic carboxylic acids is 1. The van der Waals surface area contributed by atoms with Crippen LogP contribution >= 0.6 is 0 Å². The highest BCUT2D eigenvalue weighted by atomic mass is 16.8. The monoisotopic (exact) mass is 414 g/mol. The molecule has 0 spiro atoms. The molecule has 2 aliphatic heterocycles. The fourth-order valence-electron chi connectivity index (χ4n) is 2.97. The standard InChI is InChI=1S/C15H26O13/c1-24-3-6-9(20)11(22)13(15(27-6)25-4-7(17)18)28-14-12(23)10(21)8(19)5(2-16)26-14/h5-6,8-16,19-23H,2-4H2,1H3,(H,17,18)/t5?,6?,8-,9-,10?,11?,12+,13+,14+,15?/m1/s1. The number of hydrogen-bond donors (Lipinski definition) is 7. The quantitative estimate of drug-likeness (QED) is 0.200. The van der Waals surface area contributed by atoms with Crippen LogP contribution in [0.4, 0.5) is 0 Å². The molecule has 164 valence electrons. The minimum absolute atomic E-state index is 0.141. The van der Waals surface area contributed by atoms with Crippen molar-refractivity contribution in [2.45, 2.75) is 61.4 Å². The Balaban J connectivity index is 2.17. The van der Waals surface area contributed by atoms with Gasteiger partial charge in [-0.15, -0.1) is 0 Å². The Kier molecular flexibility index (Phi) is 8.47. The molecule has 2 heterocycles. The summed E-state index contributed by atoms with van der Waals surface area (Å²) >= 11 is 0. The van der Waals surface area contributed by atoms with E-state index in [4.69, 9.17) is 28.8 Å². The van der Waals surface area contributed by atoms with Crippen LogP contribution in [0, 0.1) is 0 Å². The zero-order valence-electron chi connectivity index (χ0n) is 15.0. The summed E-state index contributed by atoms with van der Waals surface area (Å²) in [7, 11) is 1.33. The topological polar surface area (TPSA) is 205 Å². The van der Waals surface area contributed by atoms with Crippen molar-refractivity contribution in [1.29, 1.82) is 0 Å². The lowest BCUT2D eigenvalue weighted by Gasteiger charge is -2.46. The van der Waals surface area contributed by atoms with E-state index in [1.165, 1.54) is 7.11 Å². The first-order valence-corrected chi connectivity index (χ1v) is 8.51. The third-order valence-electron chi connectivity index (χ3n) is 4.49. The van der Waals surface area contributed by atoms with Gasteiger partial charge in [0.1, 0.15) is 55.4 Å². The molecule has 2 saturated heterocycles. The van der Waals surface area contributed by atoms with E-state index in [2.05, 4.69) is 0 Å². The molecular weight excluding hydrogens is 388 g/mol. The van der Waals surface area contributed by atoms with E-state index in [1.54, 1.807) is 0 Å². The molecule has 28 heavy (non-hydrogen) atoms. The molecule has 0 saturated carbocycles. The molecule has 5 unspecified atom stereocenters. The van der Waals surface area contributed by atoms with Crippen molar-refractivity contribution in [2.24, 2.45) is 0 Å². The lowest BCUT2D eigenvalue weighted by Crippen LogP contribution is -2.64. The number of carbonyl (C=O) groups is 1. The molecule has 0 radical (unpaired) electrons. The molecule has 0 amide bonds. The lowest BCUT2D eigenvalue weighted by molar-refractivity contribution is -0.366. The van der Waals surface area contributed by atoms with Gasteiger partial charge in [0.05, 0.1) is 13.2 Å². The second-order valence-corrected chi connectivity index (χ2v) is 6.48. The highest BCUT2D eigenvalue weighted by Crippen LogP contribution is 2.29. The van der Waals surface area contributed by atoms with Crippen LogP contribution in [0.15, 0.2) is 0 Å². The van der Waals surface area contributed by atoms with Gasteiger partial charge in [0.15, 0.2) is 12.6 Å². The van der Waals surface area contributed by atoms with Crippen LogP contribution in [-0.2, 0) is 28.5 Å². The van der Waals surface area contributed by atoms with E-state index in [9.17, 15) is 35.4 Å². The van der Waals surface area contributed by atoms with Crippen molar-refractivity contribution in [3.05, 3.63) is 0 Å². The summed E-state index contributed by atoms with van der Waals surface area (Å²) in [6, 6.07) is 0. The van der Waals surface area contributed by atoms with Crippen molar-refractivity contribution in [2.75, 3.05) is 26.9 Å². The van der Waals surface area contributed by atoms with E-state index in [0.717, 1.165) is 0 Å². The fraction of sp³-hybridized carbons (Fsp3) is 0.933. The molecule has 0 bridgehead atoms. The molecule has 2 fully saturated rings. The molecule has 0 aromatic heterocycles. The Morgan fingerprint density at radius 3 is 2.07 bits per heavy atom. The number of rotatable bonds is 8. The number of hydrogen-bond acceptors (Lipinski definition) is 12. The molecule has 7 N–H and O–H groups in total. The third kappa shape index (κ3) is 5.14. The maximum atomic E-state index is 10.8. The highest BCUT2D eigenvalue weighted by molar-refractivity contribution is 5.68. The molecule has 2 aliphatic rings. The van der Waals surface area contributed by atoms with Gasteiger partial charge in [-0.2, -0.15) is 0 Å². The second kappa shape index (κ2) is 10.2. The van der Waals surface area contributed by atoms with Gasteiger partial charge in [0, 0.05) is 7.11 Å². The zero-order chi connectivity index (χ0) is 21.0. The number of methoxy groups -OCH3 is 1. The van der Waals surface area contributed by atoms with Crippen LogP contribution in [0.25, 0.3) is 0 Å². The van der Waals surface area contributed by atoms with Gasteiger partial charge in [-0.05, 0) is 0 Å². The van der Waals surface area contributed by atoms with Crippen molar-refractivity contribution >= 4 is 5.97 Å². The van der Waals surface area contributed by atoms with E-state index >= 15 is 0 Å². The van der Waals surface area contributed by atoms with Gasteiger partial charge in [0.25, 0.3) is 0 Å². The number of aliphatic hydroxyl groups excluding tert-OH is 6. The first kappa shape index (κ1) is 23.3. The summed E-state index contributed by atoms with van der Waals surface area (Å²) < 4.78 is 25.9. The highest BCUT2D eigenvalue weighted by Gasteiger charge is 2.51. The third-order valence-corrected chi connectivity index (χ3v) is 4.49. The second-order valence-electron chi connectivity index (χ2n) is 6.48. The van der Waals surface area contributed by atoms with E-state index < -0.39 is 80.6 Å². The molecule has 0 aromatic rings. The van der Waals surface area contributed by atoms with Crippen molar-refractivity contribution in [1.82, 2.24) is 0 Å². The Labute approximate surface area is 159 Å². The van der Waals surface area contributed by atoms with E-state index in [-0.39, 0.29) is 6.61 Å². The van der Waals surface area contributed by atoms with Gasteiger partial charge in [0.2, 0.25) is 0 Å². The Hall–Kier alpha value is -0.970. The number of aliphatic hydroxyl groups is 6. The first-order valence-electron chi connectivity index (χ1n) is 8.51. The maximum Gasteiger partial charge on any atom is 0.329 e. The number of carboxylic acids is 1. The van der Waals surface area contributed by atoms with Crippen LogP contribution in [-0.4, -0.2) is 130 Å². The summed E-state index contributed by atoms with van der Waals surface area (Å²) in [5, 5.41) is 68.3. The largest absolute Gasteiger partial charge is 0.480 e. The number of carboxylic acid groups (broad SMARTS) is 1. The van der Waals surface area contributed by atoms with Gasteiger partial charge >= 0.3 is 5.97 Å². The lowest BCUT2D eigenvalue weighted by atomic mass is 9.97. The van der Waals surface area contributed by atoms with Gasteiger partial charge < -0.3 is 59.4 Å². The van der Waals surface area contributed by atoms with E-state index in [0.29, 0.717) is 0 Å². The molecular formula is C15H26O13. The van der Waals surface area contributed by atoms with Crippen LogP contribution in [0.1, 0.15) is 0 Å². The summed E-state index contributed by atoms with van der Waals surface area (Å²) in [5.41, 5.74) is 0. The average Bonchev–Trinajstić information content (AvgIpc) is 2.66. The van der Waals surface area contributed by atoms with Gasteiger partial charge in [-0.25, -0.2) is 4.79 Å². The van der Waals surface area contributed by atoms with Crippen molar-refractivity contribution < 1.29 is 64.2 Å². The Morgan fingerprint density at radius 1 is 0.893 bits per heavy atom. The van der Waals surface area contributed by atoms with E-state index in [1.807, 2.05) is 0 Å². The SMILES string of the molecule is COCC1OC(OCC(=O)O)[C@@H](O[C@@H]2OC(CO)[C@@H](O)C(O)[C@@H]2O)C(O)[C@@H]1O. The molecule has 0 aliphatic carbocycles. The molecule has 2 rings (SSSR count). The average molecular weight is 414 g/mol. The summed E-state index contributed by atoms with van der Waals surface area (Å²) in [5.74, 6) is -1.33. The Morgan fingerprint density at radius 2 is 1.50 bits per heavy atom. The van der Waals surface area contributed by atoms with Gasteiger partial charge in [-0.3, -0.25) is 0 Å². The fourth-order valence-corrected chi connectivity index (χ4v) is 2.97. The summed E-state index contributed by atoms with van der Waals surface area (Å²) in [6.07, 6.45) is -15.3. The molecule has 10 atom stereocenters. The first-order chi connectivity index (χ1) is 13.2. The Bertz CT molecular complexity index is 502. The van der Waals surface area contributed by atoms with Crippen LogP contribution in [0.2, 0.25) is 0 Å². The minimum atomic E-state index is -1.78. The van der Waals surface area contributed by atoms with Crippen LogP contribution in [0.5, 0.6) is 0 Å².